The van der Waals surface area contributed by atoms with Crippen LogP contribution in [0, 0.1) is 18.3 Å². The van der Waals surface area contributed by atoms with Crippen LogP contribution in [-0.2, 0) is 4.74 Å². The van der Waals surface area contributed by atoms with Gasteiger partial charge in [0.1, 0.15) is 0 Å². The summed E-state index contributed by atoms with van der Waals surface area (Å²) in [5, 5.41) is 3.78. The zero-order valence-electron chi connectivity index (χ0n) is 14.4. The van der Waals surface area contributed by atoms with Gasteiger partial charge in [-0.25, -0.2) is 0 Å². The molecule has 1 N–H and O–H groups in total. The Morgan fingerprint density at radius 3 is 2.33 bits per heavy atom. The molecule has 0 heterocycles. The number of hydrogen-bond acceptors (Lipinski definition) is 2. The standard InChI is InChI=1S/C19H31NO/c1-13(2)12-21-18-11-17(19(18,5)6)20-15(4)16-9-7-14(3)8-10-16/h7-10,13,15,17-18,20H,11-12H2,1-6H3/t15-,17?,18?/m0/s1. The molecule has 0 bridgehead atoms. The summed E-state index contributed by atoms with van der Waals surface area (Å²) in [6, 6.07) is 9.76. The van der Waals surface area contributed by atoms with Crippen LogP contribution in [0.4, 0.5) is 0 Å². The Hall–Kier alpha value is -0.860. The van der Waals surface area contributed by atoms with E-state index in [0.29, 0.717) is 24.1 Å². The van der Waals surface area contributed by atoms with E-state index in [0.717, 1.165) is 13.0 Å². The van der Waals surface area contributed by atoms with E-state index in [-0.39, 0.29) is 5.41 Å². The monoisotopic (exact) mass is 289 g/mol. The van der Waals surface area contributed by atoms with E-state index in [2.05, 4.69) is 71.1 Å². The van der Waals surface area contributed by atoms with Crippen LogP contribution in [0.3, 0.4) is 0 Å². The van der Waals surface area contributed by atoms with Crippen molar-refractivity contribution >= 4 is 0 Å². The van der Waals surface area contributed by atoms with Gasteiger partial charge in [0, 0.05) is 24.1 Å². The van der Waals surface area contributed by atoms with Crippen molar-refractivity contribution in [2.45, 2.75) is 66.2 Å². The van der Waals surface area contributed by atoms with Crippen molar-refractivity contribution in [2.24, 2.45) is 11.3 Å². The first-order valence-corrected chi connectivity index (χ1v) is 8.25. The molecule has 2 nitrogen and oxygen atoms in total. The molecule has 1 aromatic carbocycles. The molecular formula is C19H31NO. The van der Waals surface area contributed by atoms with E-state index in [4.69, 9.17) is 4.74 Å². The lowest BCUT2D eigenvalue weighted by Gasteiger charge is -2.53. The lowest BCUT2D eigenvalue weighted by atomic mass is 9.64. The van der Waals surface area contributed by atoms with Gasteiger partial charge in [-0.15, -0.1) is 0 Å². The van der Waals surface area contributed by atoms with Crippen molar-refractivity contribution < 1.29 is 4.74 Å². The number of benzene rings is 1. The SMILES string of the molecule is Cc1ccc([C@H](C)NC2CC(OCC(C)C)C2(C)C)cc1. The van der Waals surface area contributed by atoms with Crippen molar-refractivity contribution in [1.82, 2.24) is 5.32 Å². The fraction of sp³-hybridized carbons (Fsp3) is 0.684. The zero-order valence-corrected chi connectivity index (χ0v) is 14.4. The van der Waals surface area contributed by atoms with E-state index >= 15 is 0 Å². The maximum Gasteiger partial charge on any atom is 0.0656 e. The predicted molar refractivity (Wildman–Crippen MR) is 89.5 cm³/mol. The smallest absolute Gasteiger partial charge is 0.0656 e. The number of hydrogen-bond donors (Lipinski definition) is 1. The Morgan fingerprint density at radius 1 is 1.19 bits per heavy atom. The molecule has 1 fully saturated rings. The minimum Gasteiger partial charge on any atom is -0.377 e. The van der Waals surface area contributed by atoms with Crippen molar-refractivity contribution in [3.8, 4) is 0 Å². The Balaban J connectivity index is 1.88. The average Bonchev–Trinajstić information content (AvgIpc) is 2.42. The topological polar surface area (TPSA) is 21.3 Å². The molecule has 0 amide bonds. The van der Waals surface area contributed by atoms with Crippen molar-refractivity contribution in [1.29, 1.82) is 0 Å². The normalized spacial score (nSPS) is 25.7. The van der Waals surface area contributed by atoms with Gasteiger partial charge >= 0.3 is 0 Å². The maximum atomic E-state index is 6.05. The van der Waals surface area contributed by atoms with Gasteiger partial charge < -0.3 is 10.1 Å². The second-order valence-electron chi connectivity index (χ2n) is 7.62. The van der Waals surface area contributed by atoms with Gasteiger partial charge in [-0.3, -0.25) is 0 Å². The lowest BCUT2D eigenvalue weighted by Crippen LogP contribution is -2.61. The zero-order chi connectivity index (χ0) is 15.6. The molecule has 1 aliphatic rings. The summed E-state index contributed by atoms with van der Waals surface area (Å²) in [5.74, 6) is 0.610. The quantitative estimate of drug-likeness (QED) is 0.833. The van der Waals surface area contributed by atoms with Crippen molar-refractivity contribution in [2.75, 3.05) is 6.61 Å². The number of aryl methyl sites for hydroxylation is 1. The van der Waals surface area contributed by atoms with Crippen LogP contribution < -0.4 is 5.32 Å². The molecule has 1 aliphatic carbocycles. The summed E-state index contributed by atoms with van der Waals surface area (Å²) in [5.41, 5.74) is 2.90. The summed E-state index contributed by atoms with van der Waals surface area (Å²) in [6.07, 6.45) is 1.51. The molecule has 0 spiro atoms. The molecule has 0 aromatic heterocycles. The molecule has 2 rings (SSSR count). The molecule has 0 radical (unpaired) electrons. The third kappa shape index (κ3) is 3.87. The lowest BCUT2D eigenvalue weighted by molar-refractivity contribution is -0.125. The second-order valence-corrected chi connectivity index (χ2v) is 7.62. The van der Waals surface area contributed by atoms with Crippen LogP contribution >= 0.6 is 0 Å². The second kappa shape index (κ2) is 6.50. The third-order valence-electron chi connectivity index (χ3n) is 4.84. The molecule has 2 unspecified atom stereocenters. The Bertz CT molecular complexity index is 449. The highest BCUT2D eigenvalue weighted by Gasteiger charge is 2.49. The third-order valence-corrected chi connectivity index (χ3v) is 4.84. The van der Waals surface area contributed by atoms with Crippen LogP contribution in [0.5, 0.6) is 0 Å². The van der Waals surface area contributed by atoms with Crippen molar-refractivity contribution in [3.63, 3.8) is 0 Å². The van der Waals surface area contributed by atoms with Crippen LogP contribution in [0.1, 0.15) is 58.2 Å². The average molecular weight is 289 g/mol. The first-order chi connectivity index (χ1) is 9.80. The molecule has 3 atom stereocenters. The fourth-order valence-electron chi connectivity index (χ4n) is 3.01. The molecule has 0 aliphatic heterocycles. The summed E-state index contributed by atoms with van der Waals surface area (Å²) in [4.78, 5) is 0. The van der Waals surface area contributed by atoms with E-state index in [1.165, 1.54) is 11.1 Å². The van der Waals surface area contributed by atoms with Gasteiger partial charge in [0.25, 0.3) is 0 Å². The van der Waals surface area contributed by atoms with E-state index < -0.39 is 0 Å². The van der Waals surface area contributed by atoms with Crippen LogP contribution in [0.2, 0.25) is 0 Å². The first-order valence-electron chi connectivity index (χ1n) is 8.25. The fourth-order valence-corrected chi connectivity index (χ4v) is 3.01. The highest BCUT2D eigenvalue weighted by Crippen LogP contribution is 2.43. The van der Waals surface area contributed by atoms with Crippen molar-refractivity contribution in [3.05, 3.63) is 35.4 Å². The molecule has 2 heteroatoms. The Morgan fingerprint density at radius 2 is 1.81 bits per heavy atom. The van der Waals surface area contributed by atoms with E-state index in [9.17, 15) is 0 Å². The van der Waals surface area contributed by atoms with Crippen LogP contribution in [0.25, 0.3) is 0 Å². The minimum atomic E-state index is 0.216. The van der Waals surface area contributed by atoms with E-state index in [1.807, 2.05) is 0 Å². The van der Waals surface area contributed by atoms with Crippen LogP contribution in [0.15, 0.2) is 24.3 Å². The summed E-state index contributed by atoms with van der Waals surface area (Å²) in [6.45, 7) is 14.3. The maximum absolute atomic E-state index is 6.05. The van der Waals surface area contributed by atoms with Gasteiger partial charge in [0.05, 0.1) is 6.10 Å². The molecule has 1 aromatic rings. The molecule has 118 valence electrons. The Labute approximate surface area is 130 Å². The highest BCUT2D eigenvalue weighted by molar-refractivity contribution is 5.24. The van der Waals surface area contributed by atoms with Gasteiger partial charge in [-0.2, -0.15) is 0 Å². The molecule has 0 saturated heterocycles. The van der Waals surface area contributed by atoms with Gasteiger partial charge in [-0.05, 0) is 31.7 Å². The summed E-state index contributed by atoms with van der Waals surface area (Å²) in [7, 11) is 0. The Kier molecular flexibility index (Phi) is 5.11. The number of rotatable bonds is 6. The molecular weight excluding hydrogens is 258 g/mol. The summed E-state index contributed by atoms with van der Waals surface area (Å²) < 4.78 is 6.05. The van der Waals surface area contributed by atoms with Crippen LogP contribution in [-0.4, -0.2) is 18.8 Å². The highest BCUT2D eigenvalue weighted by atomic mass is 16.5. The largest absolute Gasteiger partial charge is 0.377 e. The first kappa shape index (κ1) is 16.5. The number of nitrogens with one attached hydrogen (secondary N) is 1. The molecule has 21 heavy (non-hydrogen) atoms. The molecule has 1 saturated carbocycles. The van der Waals surface area contributed by atoms with E-state index in [1.54, 1.807) is 0 Å². The summed E-state index contributed by atoms with van der Waals surface area (Å²) >= 11 is 0. The van der Waals surface area contributed by atoms with Gasteiger partial charge in [0.15, 0.2) is 0 Å². The minimum absolute atomic E-state index is 0.216. The number of ether oxygens (including phenoxy) is 1. The van der Waals surface area contributed by atoms with Gasteiger partial charge in [-0.1, -0.05) is 57.5 Å². The predicted octanol–water partition coefficient (Wildman–Crippen LogP) is 4.49. The van der Waals surface area contributed by atoms with Gasteiger partial charge in [0.2, 0.25) is 0 Å².